The molecule has 18 nitrogen and oxygen atoms in total. The lowest BCUT2D eigenvalue weighted by atomic mass is 9.85. The van der Waals surface area contributed by atoms with Crippen LogP contribution in [-0.4, -0.2) is 95.1 Å². The predicted octanol–water partition coefficient (Wildman–Crippen LogP) is 9.94. The second-order valence-corrected chi connectivity index (χ2v) is 22.3. The van der Waals surface area contributed by atoms with E-state index < -0.39 is 53.1 Å². The molecule has 6 amide bonds. The first kappa shape index (κ1) is 58.9. The number of carbonyl (C=O) groups excluding carboxylic acids is 6. The molecule has 1 fully saturated rings. The minimum absolute atomic E-state index is 0.00770. The zero-order chi connectivity index (χ0) is 58.0. The highest BCUT2D eigenvalue weighted by molar-refractivity contribution is 7.13. The van der Waals surface area contributed by atoms with Crippen molar-refractivity contribution in [2.24, 2.45) is 5.41 Å². The maximum atomic E-state index is 14.0. The SMILES string of the molecule is Cc1ccc(NC(=O)Cn2cc(-c3ccc4c(NC(=O)c5ccc(NC(=O)CCCCCCCCC(=O)NC(C(=O)N6CC(O)CC6C(=O)NCc6ccc(-c7scnc7C)cc6)C(C)(C)C)cc5)n[nH]c4c3)cn2)cc1C(F)(F)F. The molecule has 0 saturated carbocycles. The van der Waals surface area contributed by atoms with E-state index in [4.69, 9.17) is 0 Å². The Balaban J connectivity index is 0.708. The van der Waals surface area contributed by atoms with Gasteiger partial charge in [0.2, 0.25) is 29.5 Å². The van der Waals surface area contributed by atoms with Gasteiger partial charge >= 0.3 is 6.18 Å². The van der Waals surface area contributed by atoms with Gasteiger partial charge in [-0.05, 0) is 103 Å². The lowest BCUT2D eigenvalue weighted by Crippen LogP contribution is -2.57. The molecule has 0 radical (unpaired) electrons. The summed E-state index contributed by atoms with van der Waals surface area (Å²) >= 11 is 1.56. The Morgan fingerprint density at radius 1 is 0.778 bits per heavy atom. The van der Waals surface area contributed by atoms with Crippen molar-refractivity contribution in [2.45, 2.75) is 130 Å². The fourth-order valence-electron chi connectivity index (χ4n) is 9.65. The van der Waals surface area contributed by atoms with Gasteiger partial charge in [-0.2, -0.15) is 23.4 Å². The van der Waals surface area contributed by atoms with E-state index in [-0.39, 0.29) is 61.4 Å². The number of thiazole rings is 1. The minimum atomic E-state index is -4.55. The number of fused-ring (bicyclic) bond motifs is 1. The van der Waals surface area contributed by atoms with E-state index in [9.17, 15) is 47.0 Å². The largest absolute Gasteiger partial charge is 0.416 e. The van der Waals surface area contributed by atoms with Gasteiger partial charge < -0.3 is 36.6 Å². The number of aliphatic hydroxyl groups is 1. The van der Waals surface area contributed by atoms with E-state index in [1.54, 1.807) is 71.7 Å². The van der Waals surface area contributed by atoms with Crippen molar-refractivity contribution in [1.29, 1.82) is 0 Å². The highest BCUT2D eigenvalue weighted by atomic mass is 32.1. The van der Waals surface area contributed by atoms with Crippen LogP contribution >= 0.6 is 11.3 Å². The lowest BCUT2D eigenvalue weighted by Gasteiger charge is -2.35. The number of aliphatic hydroxyl groups excluding tert-OH is 1. The molecule has 22 heteroatoms. The van der Waals surface area contributed by atoms with Crippen LogP contribution in [-0.2, 0) is 43.2 Å². The standard InChI is InChI=1S/C59H66F3N11O7S/c1-35-14-22-43(27-46(35)59(60,61)62)67-51(77)33-72-31-41(30-65-72)40-21-25-45-47(26-40)70-71-54(45)69-55(78)39-19-23-42(24-20-39)66-49(75)12-10-8-6-7-9-11-13-50(76)68-53(58(3,4)5)57(80)73-32-44(74)28-48(73)56(79)63-29-37-15-17-38(18-16-37)52-36(2)64-34-81-52/h14-27,30-31,34,44,48,53,74H,6-13,28-29,32-33H2,1-5H3,(H,63,79)(H,66,75)(H,67,77)(H,68,76)(H2,69,70,71,78). The number of H-pyrrole nitrogens is 1. The topological polar surface area (TPSA) is 245 Å². The Morgan fingerprint density at radius 2 is 1.44 bits per heavy atom. The minimum Gasteiger partial charge on any atom is -0.391 e. The lowest BCUT2D eigenvalue weighted by molar-refractivity contribution is -0.144. The van der Waals surface area contributed by atoms with E-state index in [1.807, 2.05) is 52.0 Å². The van der Waals surface area contributed by atoms with Gasteiger partial charge in [-0.15, -0.1) is 11.3 Å². The summed E-state index contributed by atoms with van der Waals surface area (Å²) < 4.78 is 41.4. The molecule has 7 N–H and O–H groups in total. The number of β-amino-alcohol motifs (C(OH)–C–C–N with tert-alkyl or cyclic N) is 1. The fourth-order valence-corrected chi connectivity index (χ4v) is 10.5. The first-order chi connectivity index (χ1) is 38.6. The maximum absolute atomic E-state index is 14.0. The number of benzene rings is 4. The van der Waals surface area contributed by atoms with Gasteiger partial charge in [0, 0.05) is 66.4 Å². The molecule has 0 spiro atoms. The van der Waals surface area contributed by atoms with Crippen LogP contribution < -0.4 is 26.6 Å². The molecule has 3 atom stereocenters. The van der Waals surface area contributed by atoms with E-state index in [0.29, 0.717) is 52.8 Å². The Morgan fingerprint density at radius 3 is 2.12 bits per heavy atom. The number of aryl methyl sites for hydroxylation is 2. The van der Waals surface area contributed by atoms with Crippen molar-refractivity contribution in [3.8, 4) is 21.6 Å². The van der Waals surface area contributed by atoms with Crippen molar-refractivity contribution in [3.05, 3.63) is 131 Å². The first-order valence-electron chi connectivity index (χ1n) is 26.8. The zero-order valence-electron chi connectivity index (χ0n) is 45.7. The van der Waals surface area contributed by atoms with Crippen LogP contribution in [0.25, 0.3) is 32.5 Å². The van der Waals surface area contributed by atoms with Crippen LogP contribution in [0.3, 0.4) is 0 Å². The number of hydrogen-bond donors (Lipinski definition) is 7. The van der Waals surface area contributed by atoms with Crippen LogP contribution in [0.5, 0.6) is 0 Å². The number of aromatic nitrogens is 5. The van der Waals surface area contributed by atoms with Crippen LogP contribution in [0.2, 0.25) is 0 Å². The highest BCUT2D eigenvalue weighted by Gasteiger charge is 2.44. The molecule has 81 heavy (non-hydrogen) atoms. The molecule has 4 aromatic carbocycles. The normalized spacial score (nSPS) is 14.9. The van der Waals surface area contributed by atoms with Crippen LogP contribution in [0.4, 0.5) is 30.4 Å². The number of halogens is 3. The number of amides is 6. The molecule has 1 aliphatic rings. The van der Waals surface area contributed by atoms with Crippen LogP contribution in [0.15, 0.2) is 103 Å². The zero-order valence-corrected chi connectivity index (χ0v) is 46.5. The molecule has 8 rings (SSSR count). The molecule has 0 bridgehead atoms. The van der Waals surface area contributed by atoms with Crippen molar-refractivity contribution in [1.82, 2.24) is 40.5 Å². The molecular weight excluding hydrogens is 1060 g/mol. The summed E-state index contributed by atoms with van der Waals surface area (Å²) in [6, 6.07) is 21.5. The quantitative estimate of drug-likeness (QED) is 0.0317. The third kappa shape index (κ3) is 15.6. The molecule has 426 valence electrons. The van der Waals surface area contributed by atoms with Gasteiger partial charge in [-0.25, -0.2) is 4.98 Å². The Bertz CT molecular complexity index is 3390. The second kappa shape index (κ2) is 25.9. The van der Waals surface area contributed by atoms with Gasteiger partial charge in [-0.1, -0.05) is 82.9 Å². The maximum Gasteiger partial charge on any atom is 0.416 e. The van der Waals surface area contributed by atoms with Gasteiger partial charge in [-0.3, -0.25) is 38.5 Å². The average Bonchev–Trinajstić information content (AvgIpc) is 4.40. The summed E-state index contributed by atoms with van der Waals surface area (Å²) in [6.45, 7) is 8.89. The number of nitrogens with one attached hydrogen (secondary N) is 6. The monoisotopic (exact) mass is 1130 g/mol. The number of likely N-dealkylation sites (tertiary alicyclic amines) is 1. The van der Waals surface area contributed by atoms with Crippen molar-refractivity contribution in [3.63, 3.8) is 0 Å². The van der Waals surface area contributed by atoms with Gasteiger partial charge in [0.15, 0.2) is 5.82 Å². The van der Waals surface area contributed by atoms with Crippen LogP contribution in [0, 0.1) is 19.3 Å². The number of rotatable bonds is 22. The molecule has 4 heterocycles. The highest BCUT2D eigenvalue weighted by Crippen LogP contribution is 2.34. The predicted molar refractivity (Wildman–Crippen MR) is 304 cm³/mol. The number of carbonyl (C=O) groups is 6. The Kier molecular flexibility index (Phi) is 18.8. The Labute approximate surface area is 470 Å². The number of anilines is 3. The summed E-state index contributed by atoms with van der Waals surface area (Å²) in [7, 11) is 0. The fraction of sp³-hybridized carbons (Fsp3) is 0.373. The number of alkyl halides is 3. The van der Waals surface area contributed by atoms with Crippen molar-refractivity contribution < 1.29 is 47.0 Å². The molecule has 3 aromatic heterocycles. The van der Waals surface area contributed by atoms with Gasteiger partial charge in [0.1, 0.15) is 18.6 Å². The van der Waals surface area contributed by atoms with E-state index in [2.05, 4.69) is 46.9 Å². The summed E-state index contributed by atoms with van der Waals surface area (Å²) in [5.74, 6) is -1.86. The second-order valence-electron chi connectivity index (χ2n) is 21.5. The molecular formula is C59H66F3N11O7S. The van der Waals surface area contributed by atoms with Crippen molar-refractivity contribution >= 4 is 74.9 Å². The first-order valence-corrected chi connectivity index (χ1v) is 27.7. The smallest absolute Gasteiger partial charge is 0.391 e. The third-order valence-electron chi connectivity index (χ3n) is 14.1. The summed E-state index contributed by atoms with van der Waals surface area (Å²) in [4.78, 5) is 86.2. The van der Waals surface area contributed by atoms with Gasteiger partial charge in [0.25, 0.3) is 5.91 Å². The number of hydrogen-bond acceptors (Lipinski definition) is 11. The Hall–Kier alpha value is -8.24. The summed E-state index contributed by atoms with van der Waals surface area (Å²) in [5, 5.41) is 36.7. The molecule has 3 unspecified atom stereocenters. The average molecular weight is 1130 g/mol. The molecule has 1 aliphatic heterocycles. The van der Waals surface area contributed by atoms with Gasteiger partial charge in [0.05, 0.1) is 39.5 Å². The van der Waals surface area contributed by atoms with E-state index in [0.717, 1.165) is 59.0 Å². The third-order valence-corrected chi connectivity index (χ3v) is 15.1. The summed E-state index contributed by atoms with van der Waals surface area (Å²) in [5.41, 5.74) is 6.17. The van der Waals surface area contributed by atoms with Crippen LogP contribution in [0.1, 0.15) is 111 Å². The van der Waals surface area contributed by atoms with Crippen molar-refractivity contribution in [2.75, 3.05) is 22.5 Å². The summed E-state index contributed by atoms with van der Waals surface area (Å²) in [6.07, 6.45) is 3.04. The van der Waals surface area contributed by atoms with E-state index in [1.165, 1.54) is 28.6 Å². The number of aromatic amines is 1. The number of nitrogens with zero attached hydrogens (tertiary/aromatic N) is 5. The molecule has 0 aliphatic carbocycles. The molecule has 7 aromatic rings. The van der Waals surface area contributed by atoms with E-state index >= 15 is 0 Å². The molecule has 1 saturated heterocycles. The number of unbranched alkanes of at least 4 members (excludes halogenated alkanes) is 5.